The number of nitrogens with zero attached hydrogens (tertiary/aromatic N) is 2. The Morgan fingerprint density at radius 3 is 1.96 bits per heavy atom. The van der Waals surface area contributed by atoms with Crippen molar-refractivity contribution < 1.29 is 9.59 Å². The van der Waals surface area contributed by atoms with E-state index < -0.39 is 0 Å². The topological polar surface area (TPSA) is 66.6 Å². The van der Waals surface area contributed by atoms with Gasteiger partial charge in [0.05, 0.1) is 5.70 Å². The maximum atomic E-state index is 13.3. The Morgan fingerprint density at radius 1 is 0.889 bits per heavy atom. The molecule has 0 saturated heterocycles. The monoisotopic (exact) mass is 365 g/mol. The summed E-state index contributed by atoms with van der Waals surface area (Å²) in [5.41, 5.74) is 8.16. The molecule has 0 heterocycles. The molecule has 142 valence electrons. The molecule has 0 saturated carbocycles. The van der Waals surface area contributed by atoms with Crippen LogP contribution in [-0.2, 0) is 16.1 Å². The molecule has 0 aliphatic rings. The molecule has 0 spiro atoms. The Balaban J connectivity index is 2.38. The van der Waals surface area contributed by atoms with Gasteiger partial charge in [-0.15, -0.1) is 0 Å². The summed E-state index contributed by atoms with van der Waals surface area (Å²) in [6, 6.07) is 18.9. The molecular formula is C22H27N3O2. The fourth-order valence-corrected chi connectivity index (χ4v) is 2.75. The molecule has 5 heteroatoms. The van der Waals surface area contributed by atoms with Crippen molar-refractivity contribution in [2.75, 3.05) is 27.2 Å². The fraction of sp³-hybridized carbons (Fsp3) is 0.273. The molecule has 2 aromatic rings. The van der Waals surface area contributed by atoms with Crippen LogP contribution < -0.4 is 5.73 Å². The van der Waals surface area contributed by atoms with Crippen molar-refractivity contribution in [1.82, 2.24) is 9.80 Å². The fourth-order valence-electron chi connectivity index (χ4n) is 2.75. The number of Topliss-reactive ketones (excluding diaryl/α,β-unsaturated/α-hetero) is 1. The molecule has 0 unspecified atom stereocenters. The number of likely N-dealkylation sites (N-methyl/N-ethyl adjacent to an activating group) is 1. The molecular weight excluding hydrogens is 338 g/mol. The molecule has 0 aliphatic carbocycles. The molecule has 0 radical (unpaired) electrons. The van der Waals surface area contributed by atoms with E-state index in [2.05, 4.69) is 0 Å². The van der Waals surface area contributed by atoms with E-state index in [0.29, 0.717) is 25.2 Å². The summed E-state index contributed by atoms with van der Waals surface area (Å²) < 4.78 is 0. The molecule has 2 N–H and O–H groups in total. The second-order valence-electron chi connectivity index (χ2n) is 6.73. The third-order valence-corrected chi connectivity index (χ3v) is 4.24. The number of benzene rings is 2. The van der Waals surface area contributed by atoms with Crippen molar-refractivity contribution in [1.29, 1.82) is 0 Å². The van der Waals surface area contributed by atoms with Crippen molar-refractivity contribution >= 4 is 17.4 Å². The van der Waals surface area contributed by atoms with Crippen LogP contribution in [0.4, 0.5) is 0 Å². The van der Waals surface area contributed by atoms with E-state index in [9.17, 15) is 9.59 Å². The molecule has 1 amide bonds. The zero-order valence-corrected chi connectivity index (χ0v) is 16.2. The minimum Gasteiger partial charge on any atom is -0.397 e. The highest BCUT2D eigenvalue weighted by molar-refractivity contribution is 6.23. The van der Waals surface area contributed by atoms with Crippen molar-refractivity contribution in [3.05, 3.63) is 77.4 Å². The molecule has 0 fully saturated rings. The first-order valence-corrected chi connectivity index (χ1v) is 8.94. The number of amides is 1. The highest BCUT2D eigenvalue weighted by atomic mass is 16.2. The predicted octanol–water partition coefficient (Wildman–Crippen LogP) is 2.54. The van der Waals surface area contributed by atoms with Gasteiger partial charge in [0.1, 0.15) is 5.57 Å². The molecule has 0 aromatic heterocycles. The van der Waals surface area contributed by atoms with Gasteiger partial charge in [-0.2, -0.15) is 0 Å². The smallest absolute Gasteiger partial charge is 0.259 e. The summed E-state index contributed by atoms with van der Waals surface area (Å²) in [4.78, 5) is 29.3. The summed E-state index contributed by atoms with van der Waals surface area (Å²) in [6.07, 6.45) is 0. The highest BCUT2D eigenvalue weighted by Gasteiger charge is 2.25. The van der Waals surface area contributed by atoms with E-state index in [-0.39, 0.29) is 23.0 Å². The first-order chi connectivity index (χ1) is 12.9. The second-order valence-corrected chi connectivity index (χ2v) is 6.73. The Kier molecular flexibility index (Phi) is 7.32. The van der Waals surface area contributed by atoms with Crippen LogP contribution in [0.5, 0.6) is 0 Å². The van der Waals surface area contributed by atoms with Crippen molar-refractivity contribution in [3.63, 3.8) is 0 Å². The maximum absolute atomic E-state index is 13.3. The summed E-state index contributed by atoms with van der Waals surface area (Å²) in [5.74, 6) is -0.668. The number of carbonyl (C=O) groups excluding carboxylic acids is 2. The van der Waals surface area contributed by atoms with E-state index in [1.165, 1.54) is 6.92 Å². The van der Waals surface area contributed by atoms with Gasteiger partial charge in [0.15, 0.2) is 5.78 Å². The van der Waals surface area contributed by atoms with E-state index in [1.54, 1.807) is 17.0 Å². The lowest BCUT2D eigenvalue weighted by molar-refractivity contribution is -0.130. The quantitative estimate of drug-likeness (QED) is 0.443. The van der Waals surface area contributed by atoms with Crippen molar-refractivity contribution in [2.24, 2.45) is 5.73 Å². The van der Waals surface area contributed by atoms with Crippen LogP contribution in [0.15, 0.2) is 66.2 Å². The third-order valence-electron chi connectivity index (χ3n) is 4.24. The third kappa shape index (κ3) is 5.79. The van der Waals surface area contributed by atoms with Gasteiger partial charge in [-0.05, 0) is 32.1 Å². The predicted molar refractivity (Wildman–Crippen MR) is 109 cm³/mol. The van der Waals surface area contributed by atoms with E-state index >= 15 is 0 Å². The maximum Gasteiger partial charge on any atom is 0.259 e. The van der Waals surface area contributed by atoms with Gasteiger partial charge < -0.3 is 15.5 Å². The Morgan fingerprint density at radius 2 is 1.44 bits per heavy atom. The average molecular weight is 365 g/mol. The lowest BCUT2D eigenvalue weighted by atomic mass is 10.0. The minimum atomic E-state index is -0.338. The van der Waals surface area contributed by atoms with Crippen LogP contribution in [0.25, 0.3) is 5.70 Å². The lowest BCUT2D eigenvalue weighted by Crippen LogP contribution is -2.39. The molecule has 0 aliphatic heterocycles. The number of carbonyl (C=O) groups is 2. The number of hydrogen-bond donors (Lipinski definition) is 1. The summed E-state index contributed by atoms with van der Waals surface area (Å²) >= 11 is 0. The molecule has 27 heavy (non-hydrogen) atoms. The zero-order chi connectivity index (χ0) is 19.8. The van der Waals surface area contributed by atoms with Gasteiger partial charge in [0.25, 0.3) is 5.91 Å². The first-order valence-electron chi connectivity index (χ1n) is 8.94. The van der Waals surface area contributed by atoms with Gasteiger partial charge in [-0.1, -0.05) is 60.7 Å². The number of hydrogen-bond acceptors (Lipinski definition) is 4. The van der Waals surface area contributed by atoms with E-state index in [0.717, 1.165) is 5.56 Å². The molecule has 5 nitrogen and oxygen atoms in total. The SMILES string of the molecule is CC(=O)C(C(=O)N(CCN(C)C)Cc1ccccc1)=C(N)c1ccccc1. The number of rotatable bonds is 8. The van der Waals surface area contributed by atoms with Gasteiger partial charge in [0.2, 0.25) is 0 Å². The summed E-state index contributed by atoms with van der Waals surface area (Å²) in [6.45, 7) is 3.00. The zero-order valence-electron chi connectivity index (χ0n) is 16.2. The molecule has 0 bridgehead atoms. The van der Waals surface area contributed by atoms with E-state index in [4.69, 9.17) is 5.73 Å². The standard InChI is InChI=1S/C22H27N3O2/c1-17(26)20(21(23)19-12-8-5-9-13-19)22(27)25(15-14-24(2)3)16-18-10-6-4-7-11-18/h4-13H,14-16,23H2,1-3H3. The van der Waals surface area contributed by atoms with Gasteiger partial charge >= 0.3 is 0 Å². The Hall–Kier alpha value is -2.92. The molecule has 2 aromatic carbocycles. The normalized spacial score (nSPS) is 11.9. The number of nitrogens with two attached hydrogens (primary N) is 1. The van der Waals surface area contributed by atoms with Crippen molar-refractivity contribution in [2.45, 2.75) is 13.5 Å². The Labute approximate surface area is 161 Å². The van der Waals surface area contributed by atoms with Crippen LogP contribution in [0.2, 0.25) is 0 Å². The largest absolute Gasteiger partial charge is 0.397 e. The molecule has 0 atom stereocenters. The second kappa shape index (κ2) is 9.69. The highest BCUT2D eigenvalue weighted by Crippen LogP contribution is 2.18. The van der Waals surface area contributed by atoms with Crippen LogP contribution in [0, 0.1) is 0 Å². The van der Waals surface area contributed by atoms with Gasteiger partial charge in [-0.25, -0.2) is 0 Å². The van der Waals surface area contributed by atoms with E-state index in [1.807, 2.05) is 67.5 Å². The minimum absolute atomic E-state index is 0.0379. The van der Waals surface area contributed by atoms with Crippen LogP contribution >= 0.6 is 0 Å². The lowest BCUT2D eigenvalue weighted by Gasteiger charge is -2.26. The Bertz CT molecular complexity index is 799. The van der Waals surface area contributed by atoms with Crippen LogP contribution in [0.3, 0.4) is 0 Å². The van der Waals surface area contributed by atoms with Crippen LogP contribution in [0.1, 0.15) is 18.1 Å². The average Bonchev–Trinajstić information content (AvgIpc) is 2.66. The molecule has 2 rings (SSSR count). The van der Waals surface area contributed by atoms with Gasteiger partial charge in [0, 0.05) is 19.6 Å². The van der Waals surface area contributed by atoms with Crippen LogP contribution in [-0.4, -0.2) is 48.7 Å². The summed E-state index contributed by atoms with van der Waals surface area (Å²) in [5, 5.41) is 0. The first kappa shape index (κ1) is 20.4. The number of ketones is 1. The van der Waals surface area contributed by atoms with Crippen molar-refractivity contribution in [3.8, 4) is 0 Å². The summed E-state index contributed by atoms with van der Waals surface area (Å²) in [7, 11) is 3.90. The van der Waals surface area contributed by atoms with Gasteiger partial charge in [-0.3, -0.25) is 9.59 Å².